The fourth-order valence-electron chi connectivity index (χ4n) is 3.23. The maximum atomic E-state index is 12.7. The Morgan fingerprint density at radius 2 is 1.69 bits per heavy atom. The van der Waals surface area contributed by atoms with Crippen molar-refractivity contribution in [3.05, 3.63) is 59.1 Å². The Hall–Kier alpha value is -2.95. The number of nitrogens with zero attached hydrogens (tertiary/aromatic N) is 1. The molecule has 0 aromatic heterocycles. The van der Waals surface area contributed by atoms with Gasteiger partial charge in [-0.1, -0.05) is 57.5 Å². The van der Waals surface area contributed by atoms with Gasteiger partial charge in [0.1, 0.15) is 6.04 Å². The quantitative estimate of drug-likeness (QED) is 0.436. The molecule has 2 aromatic rings. The van der Waals surface area contributed by atoms with Gasteiger partial charge in [-0.25, -0.2) is 13.2 Å². The van der Waals surface area contributed by atoms with Gasteiger partial charge in [-0.15, -0.1) is 0 Å². The molecule has 2 amide bonds. The van der Waals surface area contributed by atoms with E-state index >= 15 is 0 Å². The average molecular weight is 524 g/mol. The number of hydrogen-bond acceptors (Lipinski definition) is 6. The molecule has 0 saturated carbocycles. The van der Waals surface area contributed by atoms with Crippen molar-refractivity contribution in [2.75, 3.05) is 25.0 Å². The first kappa shape index (κ1) is 28.3. The lowest BCUT2D eigenvalue weighted by Crippen LogP contribution is -2.46. The summed E-state index contributed by atoms with van der Waals surface area (Å²) in [5, 5.41) is 5.36. The van der Waals surface area contributed by atoms with Crippen molar-refractivity contribution < 1.29 is 27.5 Å². The van der Waals surface area contributed by atoms with Gasteiger partial charge in [0.05, 0.1) is 15.5 Å². The summed E-state index contributed by atoms with van der Waals surface area (Å²) in [6.45, 7) is 6.94. The summed E-state index contributed by atoms with van der Waals surface area (Å²) in [5.41, 5.74) is 0.455. The Labute approximate surface area is 210 Å². The Kier molecular flexibility index (Phi) is 10.2. The molecule has 2 aromatic carbocycles. The van der Waals surface area contributed by atoms with Crippen molar-refractivity contribution in [3.63, 3.8) is 0 Å². The molecule has 2 N–H and O–H groups in total. The molecule has 1 atom stereocenters. The Morgan fingerprint density at radius 1 is 1.03 bits per heavy atom. The van der Waals surface area contributed by atoms with Crippen molar-refractivity contribution in [1.29, 1.82) is 0 Å². The van der Waals surface area contributed by atoms with Crippen molar-refractivity contribution in [3.8, 4) is 0 Å². The zero-order chi connectivity index (χ0) is 26.2. The van der Waals surface area contributed by atoms with E-state index in [9.17, 15) is 22.8 Å². The molecule has 2 rings (SSSR count). The van der Waals surface area contributed by atoms with E-state index < -0.39 is 40.5 Å². The summed E-state index contributed by atoms with van der Waals surface area (Å²) in [4.78, 5) is 37.5. The van der Waals surface area contributed by atoms with Crippen LogP contribution in [0, 0.1) is 5.92 Å². The Morgan fingerprint density at radius 3 is 2.29 bits per heavy atom. The average Bonchev–Trinajstić information content (AvgIpc) is 2.81. The van der Waals surface area contributed by atoms with Gasteiger partial charge >= 0.3 is 5.97 Å². The highest BCUT2D eigenvalue weighted by Gasteiger charge is 2.27. The minimum absolute atomic E-state index is 0.0400. The smallest absolute Gasteiger partial charge is 0.329 e. The molecule has 0 fully saturated rings. The standard InChI is InChI=1S/C24H30ClN3O6S/c1-5-28(6-2)35(32,33)18-11-9-10-17(14-18)26-21(29)15-34-24(31)22(16(3)4)27-23(30)19-12-7-8-13-20(19)25/h7-14,16,22H,5-6,15H2,1-4H3,(H,26,29)(H,27,30)/t22-/m1/s1. The number of carbonyl (C=O) groups is 3. The van der Waals surface area contributed by atoms with Gasteiger partial charge in [0.25, 0.3) is 11.8 Å². The second-order valence-electron chi connectivity index (χ2n) is 7.95. The van der Waals surface area contributed by atoms with E-state index in [-0.39, 0.29) is 27.1 Å². The molecular formula is C24H30ClN3O6S. The fourth-order valence-corrected chi connectivity index (χ4v) is 4.96. The number of amides is 2. The third-order valence-electron chi connectivity index (χ3n) is 5.13. The predicted molar refractivity (Wildman–Crippen MR) is 134 cm³/mol. The fraction of sp³-hybridized carbons (Fsp3) is 0.375. The second kappa shape index (κ2) is 12.7. The van der Waals surface area contributed by atoms with Crippen LogP contribution in [0.2, 0.25) is 5.02 Å². The lowest BCUT2D eigenvalue weighted by Gasteiger charge is -2.21. The minimum atomic E-state index is -3.70. The van der Waals surface area contributed by atoms with Gasteiger partial charge in [0, 0.05) is 18.8 Å². The summed E-state index contributed by atoms with van der Waals surface area (Å²) >= 11 is 6.04. The monoisotopic (exact) mass is 523 g/mol. The minimum Gasteiger partial charge on any atom is -0.454 e. The zero-order valence-electron chi connectivity index (χ0n) is 20.1. The highest BCUT2D eigenvalue weighted by atomic mass is 35.5. The molecule has 35 heavy (non-hydrogen) atoms. The number of rotatable bonds is 11. The second-order valence-corrected chi connectivity index (χ2v) is 10.3. The SMILES string of the molecule is CCN(CC)S(=O)(=O)c1cccc(NC(=O)COC(=O)[C@H](NC(=O)c2ccccc2Cl)C(C)C)c1. The molecule has 0 unspecified atom stereocenters. The summed E-state index contributed by atoms with van der Waals surface area (Å²) in [7, 11) is -3.70. The van der Waals surface area contributed by atoms with Crippen molar-refractivity contribution in [2.45, 2.75) is 38.6 Å². The first-order valence-corrected chi connectivity index (χ1v) is 12.9. The molecule has 0 radical (unpaired) electrons. The molecular weight excluding hydrogens is 494 g/mol. The molecule has 9 nitrogen and oxygen atoms in total. The van der Waals surface area contributed by atoms with E-state index in [1.807, 2.05) is 0 Å². The van der Waals surface area contributed by atoms with Crippen LogP contribution in [-0.4, -0.2) is 56.2 Å². The number of carbonyl (C=O) groups excluding carboxylic acids is 3. The number of benzene rings is 2. The molecule has 0 heterocycles. The lowest BCUT2D eigenvalue weighted by molar-refractivity contribution is -0.150. The van der Waals surface area contributed by atoms with Crippen molar-refractivity contribution in [2.24, 2.45) is 5.92 Å². The van der Waals surface area contributed by atoms with E-state index in [1.54, 1.807) is 45.9 Å². The van der Waals surface area contributed by atoms with Crippen LogP contribution in [0.15, 0.2) is 53.4 Å². The number of esters is 1. The summed E-state index contributed by atoms with van der Waals surface area (Å²) in [5.74, 6) is -2.30. The summed E-state index contributed by atoms with van der Waals surface area (Å²) in [6, 6.07) is 11.2. The van der Waals surface area contributed by atoms with Crippen molar-refractivity contribution >= 4 is 45.1 Å². The third kappa shape index (κ3) is 7.51. The Bertz CT molecular complexity index is 1170. The van der Waals surface area contributed by atoms with Crippen LogP contribution < -0.4 is 10.6 Å². The molecule has 0 aliphatic carbocycles. The van der Waals surface area contributed by atoms with Crippen molar-refractivity contribution in [1.82, 2.24) is 9.62 Å². The number of nitrogens with one attached hydrogen (secondary N) is 2. The maximum Gasteiger partial charge on any atom is 0.329 e. The molecule has 0 spiro atoms. The number of halogens is 1. The number of anilines is 1. The van der Waals surface area contributed by atoms with Crippen LogP contribution in [0.25, 0.3) is 0 Å². The number of sulfonamides is 1. The molecule has 0 saturated heterocycles. The number of ether oxygens (including phenoxy) is 1. The summed E-state index contributed by atoms with van der Waals surface area (Å²) in [6.07, 6.45) is 0. The van der Waals surface area contributed by atoms with Gasteiger partial charge in [-0.05, 0) is 36.2 Å². The molecule has 0 aliphatic heterocycles. The molecule has 190 valence electrons. The van der Waals surface area contributed by atoms with Crippen LogP contribution in [0.4, 0.5) is 5.69 Å². The largest absolute Gasteiger partial charge is 0.454 e. The Balaban J connectivity index is 2.02. The van der Waals surface area contributed by atoms with Crippen LogP contribution in [0.3, 0.4) is 0 Å². The van der Waals surface area contributed by atoms with E-state index in [0.29, 0.717) is 13.1 Å². The van der Waals surface area contributed by atoms with E-state index in [2.05, 4.69) is 10.6 Å². The topological polar surface area (TPSA) is 122 Å². The normalized spacial score (nSPS) is 12.3. The van der Waals surface area contributed by atoms with Crippen LogP contribution in [-0.2, 0) is 24.3 Å². The zero-order valence-corrected chi connectivity index (χ0v) is 21.7. The number of hydrogen-bond donors (Lipinski definition) is 2. The van der Waals surface area contributed by atoms with E-state index in [0.717, 1.165) is 0 Å². The van der Waals surface area contributed by atoms with Gasteiger partial charge in [0.2, 0.25) is 10.0 Å². The third-order valence-corrected chi connectivity index (χ3v) is 7.51. The van der Waals surface area contributed by atoms with Crippen LogP contribution in [0.5, 0.6) is 0 Å². The van der Waals surface area contributed by atoms with Gasteiger partial charge in [-0.3, -0.25) is 9.59 Å². The van der Waals surface area contributed by atoms with Crippen LogP contribution in [0.1, 0.15) is 38.1 Å². The molecule has 11 heteroatoms. The van der Waals surface area contributed by atoms with Gasteiger partial charge in [-0.2, -0.15) is 4.31 Å². The van der Waals surface area contributed by atoms with E-state index in [4.69, 9.17) is 16.3 Å². The maximum absolute atomic E-state index is 12.7. The van der Waals surface area contributed by atoms with Gasteiger partial charge in [0.15, 0.2) is 6.61 Å². The highest BCUT2D eigenvalue weighted by Crippen LogP contribution is 2.20. The first-order valence-electron chi connectivity index (χ1n) is 11.1. The summed E-state index contributed by atoms with van der Waals surface area (Å²) < 4.78 is 31.8. The van der Waals surface area contributed by atoms with Gasteiger partial charge < -0.3 is 15.4 Å². The predicted octanol–water partition coefficient (Wildman–Crippen LogP) is 3.31. The molecule has 0 bridgehead atoms. The molecule has 0 aliphatic rings. The van der Waals surface area contributed by atoms with Crippen LogP contribution >= 0.6 is 11.6 Å². The first-order chi connectivity index (χ1) is 16.5. The lowest BCUT2D eigenvalue weighted by atomic mass is 10.0. The highest BCUT2D eigenvalue weighted by molar-refractivity contribution is 7.89. The van der Waals surface area contributed by atoms with E-state index in [1.165, 1.54) is 34.6 Å².